The molecule has 0 unspecified atom stereocenters. The summed E-state index contributed by atoms with van der Waals surface area (Å²) in [5, 5.41) is 7.05. The number of benzene rings is 1. The summed E-state index contributed by atoms with van der Waals surface area (Å²) in [5.74, 6) is 1.92. The van der Waals surface area contributed by atoms with Gasteiger partial charge in [0.25, 0.3) is 0 Å². The quantitative estimate of drug-likeness (QED) is 0.320. The van der Waals surface area contributed by atoms with Crippen molar-refractivity contribution in [2.45, 2.75) is 71.1 Å². The van der Waals surface area contributed by atoms with Crippen molar-refractivity contribution in [2.24, 2.45) is 4.99 Å². The molecule has 28 heavy (non-hydrogen) atoms. The van der Waals surface area contributed by atoms with E-state index < -0.39 is 0 Å². The summed E-state index contributed by atoms with van der Waals surface area (Å²) >= 11 is 0. The van der Waals surface area contributed by atoms with Crippen LogP contribution in [0.5, 0.6) is 5.75 Å². The third kappa shape index (κ3) is 7.10. The van der Waals surface area contributed by atoms with E-state index in [-0.39, 0.29) is 24.0 Å². The second-order valence-corrected chi connectivity index (χ2v) is 7.73. The minimum absolute atomic E-state index is 0. The fourth-order valence-corrected chi connectivity index (χ4v) is 3.71. The molecular weight excluding hydrogens is 463 g/mol. The molecule has 6 heteroatoms. The van der Waals surface area contributed by atoms with E-state index in [1.54, 1.807) is 0 Å². The summed E-state index contributed by atoms with van der Waals surface area (Å²) in [7, 11) is 0. The molecule has 2 aliphatic rings. The van der Waals surface area contributed by atoms with Crippen molar-refractivity contribution in [1.29, 1.82) is 0 Å². The first-order valence-electron chi connectivity index (χ1n) is 10.8. The van der Waals surface area contributed by atoms with Crippen LogP contribution in [0.2, 0.25) is 0 Å². The van der Waals surface area contributed by atoms with E-state index in [1.165, 1.54) is 63.7 Å². The number of piperidine rings is 1. The van der Waals surface area contributed by atoms with Gasteiger partial charge in [-0.15, -0.1) is 24.0 Å². The standard InChI is InChI=1S/C22H36N4O.HI/c1-3-14-26-15-12-19(13-16-26)25-22(23-4-2)24-17-18-8-5-6-11-21(18)27-20-9-7-10-20;/h5-6,8,11,19-20H,3-4,7,9-10,12-17H2,1-2H3,(H2,23,24,25);1H. The number of para-hydroxylation sites is 1. The summed E-state index contributed by atoms with van der Waals surface area (Å²) in [4.78, 5) is 7.41. The zero-order valence-electron chi connectivity index (χ0n) is 17.5. The molecule has 1 aromatic rings. The minimum atomic E-state index is 0. The molecule has 1 aliphatic heterocycles. The van der Waals surface area contributed by atoms with E-state index in [2.05, 4.69) is 53.6 Å². The van der Waals surface area contributed by atoms with Gasteiger partial charge >= 0.3 is 0 Å². The van der Waals surface area contributed by atoms with Crippen LogP contribution in [0, 0.1) is 0 Å². The Morgan fingerprint density at radius 1 is 1.14 bits per heavy atom. The smallest absolute Gasteiger partial charge is 0.191 e. The second kappa shape index (κ2) is 12.5. The van der Waals surface area contributed by atoms with Crippen LogP contribution < -0.4 is 15.4 Å². The minimum Gasteiger partial charge on any atom is -0.490 e. The maximum Gasteiger partial charge on any atom is 0.191 e. The summed E-state index contributed by atoms with van der Waals surface area (Å²) in [6, 6.07) is 8.84. The van der Waals surface area contributed by atoms with Gasteiger partial charge in [0.05, 0.1) is 12.6 Å². The van der Waals surface area contributed by atoms with E-state index in [0.29, 0.717) is 18.7 Å². The SMILES string of the molecule is CCCN1CCC(NC(=NCc2ccccc2OC2CCC2)NCC)CC1.I. The Balaban J connectivity index is 0.00000280. The molecule has 5 nitrogen and oxygen atoms in total. The van der Waals surface area contributed by atoms with E-state index in [4.69, 9.17) is 9.73 Å². The first kappa shape index (κ1) is 23.3. The van der Waals surface area contributed by atoms with Gasteiger partial charge in [0.2, 0.25) is 0 Å². The van der Waals surface area contributed by atoms with Gasteiger partial charge in [-0.1, -0.05) is 25.1 Å². The van der Waals surface area contributed by atoms with Crippen molar-refractivity contribution in [3.8, 4) is 5.75 Å². The molecule has 1 saturated carbocycles. The third-order valence-electron chi connectivity index (χ3n) is 5.54. The highest BCUT2D eigenvalue weighted by atomic mass is 127. The van der Waals surface area contributed by atoms with Gasteiger partial charge in [0.1, 0.15) is 5.75 Å². The average molecular weight is 500 g/mol. The highest BCUT2D eigenvalue weighted by Gasteiger charge is 2.21. The van der Waals surface area contributed by atoms with E-state index in [0.717, 1.165) is 18.3 Å². The first-order valence-corrected chi connectivity index (χ1v) is 10.8. The molecule has 3 rings (SSSR count). The van der Waals surface area contributed by atoms with Crippen molar-refractivity contribution in [1.82, 2.24) is 15.5 Å². The predicted octanol–water partition coefficient (Wildman–Crippen LogP) is 4.17. The van der Waals surface area contributed by atoms with Gasteiger partial charge in [-0.05, 0) is 58.1 Å². The summed E-state index contributed by atoms with van der Waals surface area (Å²) in [5.41, 5.74) is 1.17. The summed E-state index contributed by atoms with van der Waals surface area (Å²) < 4.78 is 6.14. The number of hydrogen-bond acceptors (Lipinski definition) is 3. The molecule has 0 aromatic heterocycles. The van der Waals surface area contributed by atoms with Crippen LogP contribution in [0.25, 0.3) is 0 Å². The number of likely N-dealkylation sites (tertiary alicyclic amines) is 1. The van der Waals surface area contributed by atoms with Gasteiger partial charge in [0, 0.05) is 31.2 Å². The lowest BCUT2D eigenvalue weighted by molar-refractivity contribution is 0.119. The van der Waals surface area contributed by atoms with Crippen LogP contribution in [0.1, 0.15) is 57.9 Å². The van der Waals surface area contributed by atoms with Crippen LogP contribution in [0.15, 0.2) is 29.3 Å². The molecule has 158 valence electrons. The molecule has 1 aliphatic carbocycles. The van der Waals surface area contributed by atoms with Crippen LogP contribution in [0.3, 0.4) is 0 Å². The van der Waals surface area contributed by atoms with Crippen molar-refractivity contribution in [2.75, 3.05) is 26.2 Å². The zero-order valence-corrected chi connectivity index (χ0v) is 19.8. The number of halogens is 1. The van der Waals surface area contributed by atoms with E-state index in [1.807, 2.05) is 0 Å². The van der Waals surface area contributed by atoms with Crippen LogP contribution in [0.4, 0.5) is 0 Å². The van der Waals surface area contributed by atoms with Crippen LogP contribution >= 0.6 is 24.0 Å². The first-order chi connectivity index (χ1) is 13.3. The third-order valence-corrected chi connectivity index (χ3v) is 5.54. The monoisotopic (exact) mass is 500 g/mol. The Labute approximate surface area is 187 Å². The molecule has 0 spiro atoms. The van der Waals surface area contributed by atoms with Gasteiger partial charge in [-0.3, -0.25) is 0 Å². The number of rotatable bonds is 8. The Bertz CT molecular complexity index is 598. The summed E-state index contributed by atoms with van der Waals surface area (Å²) in [6.45, 7) is 9.49. The van der Waals surface area contributed by atoms with Crippen molar-refractivity contribution >= 4 is 29.9 Å². The number of hydrogen-bond donors (Lipinski definition) is 2. The fraction of sp³-hybridized carbons (Fsp3) is 0.682. The van der Waals surface area contributed by atoms with Gasteiger partial charge in [-0.25, -0.2) is 4.99 Å². The Hall–Kier alpha value is -1.02. The molecule has 2 N–H and O–H groups in total. The number of nitrogens with zero attached hydrogens (tertiary/aromatic N) is 2. The number of ether oxygens (including phenoxy) is 1. The van der Waals surface area contributed by atoms with Crippen LogP contribution in [-0.2, 0) is 6.54 Å². The van der Waals surface area contributed by atoms with E-state index >= 15 is 0 Å². The second-order valence-electron chi connectivity index (χ2n) is 7.73. The lowest BCUT2D eigenvalue weighted by Crippen LogP contribution is -2.48. The average Bonchev–Trinajstić information content (AvgIpc) is 2.65. The van der Waals surface area contributed by atoms with Gasteiger partial charge in [0.15, 0.2) is 5.96 Å². The molecule has 2 fully saturated rings. The van der Waals surface area contributed by atoms with E-state index in [9.17, 15) is 0 Å². The van der Waals surface area contributed by atoms with Crippen molar-refractivity contribution in [3.63, 3.8) is 0 Å². The Morgan fingerprint density at radius 2 is 1.89 bits per heavy atom. The zero-order chi connectivity index (χ0) is 18.9. The lowest BCUT2D eigenvalue weighted by atomic mass is 9.96. The van der Waals surface area contributed by atoms with Crippen molar-refractivity contribution in [3.05, 3.63) is 29.8 Å². The van der Waals surface area contributed by atoms with Gasteiger partial charge < -0.3 is 20.3 Å². The fourth-order valence-electron chi connectivity index (χ4n) is 3.71. The molecular formula is C22H37IN4O. The maximum absolute atomic E-state index is 6.14. The van der Waals surface area contributed by atoms with Gasteiger partial charge in [-0.2, -0.15) is 0 Å². The molecule has 1 saturated heterocycles. The Kier molecular flexibility index (Phi) is 10.4. The molecule has 0 atom stereocenters. The van der Waals surface area contributed by atoms with Crippen molar-refractivity contribution < 1.29 is 4.74 Å². The Morgan fingerprint density at radius 3 is 2.54 bits per heavy atom. The predicted molar refractivity (Wildman–Crippen MR) is 128 cm³/mol. The maximum atomic E-state index is 6.14. The number of aliphatic imine (C=N–C) groups is 1. The molecule has 1 aromatic carbocycles. The topological polar surface area (TPSA) is 48.9 Å². The molecule has 1 heterocycles. The highest BCUT2D eigenvalue weighted by Crippen LogP contribution is 2.27. The molecule has 0 radical (unpaired) electrons. The molecule has 0 bridgehead atoms. The number of nitrogens with one attached hydrogen (secondary N) is 2. The summed E-state index contributed by atoms with van der Waals surface area (Å²) in [6.07, 6.45) is 7.66. The lowest BCUT2D eigenvalue weighted by Gasteiger charge is -2.32. The largest absolute Gasteiger partial charge is 0.490 e. The van der Waals surface area contributed by atoms with Crippen LogP contribution in [-0.4, -0.2) is 49.2 Å². The molecule has 0 amide bonds. The highest BCUT2D eigenvalue weighted by molar-refractivity contribution is 14.0. The normalized spacial score (nSPS) is 18.9. The number of guanidine groups is 1.